The quantitative estimate of drug-likeness (QED) is 0.306. The molecule has 14 heteroatoms. The van der Waals surface area contributed by atoms with Gasteiger partial charge in [0.05, 0.1) is 17.0 Å². The lowest BCUT2D eigenvalue weighted by molar-refractivity contribution is 0.413. The Balaban J connectivity index is 2.27. The minimum atomic E-state index is -4.96. The van der Waals surface area contributed by atoms with Gasteiger partial charge in [0.1, 0.15) is 27.8 Å². The average Bonchev–Trinajstić information content (AvgIpc) is 2.66. The van der Waals surface area contributed by atoms with E-state index in [1.807, 2.05) is 0 Å². The Kier molecular flexibility index (Phi) is 5.82. The lowest BCUT2D eigenvalue weighted by Gasteiger charge is -2.10. The van der Waals surface area contributed by atoms with E-state index in [0.29, 0.717) is 0 Å². The van der Waals surface area contributed by atoms with Crippen molar-refractivity contribution >= 4 is 54.0 Å². The molecule has 0 heterocycles. The summed E-state index contributed by atoms with van der Waals surface area (Å²) in [5, 5.41) is 27.7. The van der Waals surface area contributed by atoms with Gasteiger partial charge in [-0.05, 0) is 29.7 Å². The number of nitrogens with zero attached hydrogens (tertiary/aromatic N) is 2. The van der Waals surface area contributed by atoms with Crippen LogP contribution >= 0.6 is 11.6 Å². The molecule has 0 spiro atoms. The molecule has 3 aromatic carbocycles. The molecule has 0 aliphatic rings. The largest absolute Gasteiger partial charge is 0.506 e. The van der Waals surface area contributed by atoms with Gasteiger partial charge in [0.15, 0.2) is 5.75 Å². The number of halogens is 1. The van der Waals surface area contributed by atoms with Crippen molar-refractivity contribution in [2.24, 2.45) is 10.2 Å². The Morgan fingerprint density at radius 3 is 2.19 bits per heavy atom. The number of benzene rings is 3. The maximum absolute atomic E-state index is 11.8. The Bertz CT molecular complexity index is 1450. The molecular formula is C17H13ClN2O9S2. The number of hydrogen-bond donors (Lipinski definition) is 4. The van der Waals surface area contributed by atoms with Crippen LogP contribution in [-0.4, -0.2) is 43.3 Å². The fraction of sp³-hybridized carbons (Fsp3) is 0.0588. The molecule has 0 unspecified atom stereocenters. The molecule has 3 aromatic rings. The second kappa shape index (κ2) is 7.94. The molecule has 0 aliphatic carbocycles. The van der Waals surface area contributed by atoms with Gasteiger partial charge in [0, 0.05) is 17.5 Å². The highest BCUT2D eigenvalue weighted by molar-refractivity contribution is 7.86. The van der Waals surface area contributed by atoms with Crippen molar-refractivity contribution < 1.29 is 40.9 Å². The second-order valence-electron chi connectivity index (χ2n) is 6.08. The summed E-state index contributed by atoms with van der Waals surface area (Å²) in [4.78, 5) is -1.46. The maximum Gasteiger partial charge on any atom is 0.296 e. The van der Waals surface area contributed by atoms with Crippen LogP contribution < -0.4 is 4.74 Å². The van der Waals surface area contributed by atoms with Gasteiger partial charge in [-0.1, -0.05) is 11.6 Å². The number of phenols is 2. The molecular weight excluding hydrogens is 476 g/mol. The normalized spacial score (nSPS) is 12.5. The summed E-state index contributed by atoms with van der Waals surface area (Å²) in [5.41, 5.74) is -0.869. The highest BCUT2D eigenvalue weighted by Crippen LogP contribution is 2.43. The summed E-state index contributed by atoms with van der Waals surface area (Å²) in [6.45, 7) is 0. The lowest BCUT2D eigenvalue weighted by Crippen LogP contribution is -2.00. The smallest absolute Gasteiger partial charge is 0.296 e. The number of methoxy groups -OCH3 is 1. The fourth-order valence-corrected chi connectivity index (χ4v) is 4.06. The van der Waals surface area contributed by atoms with Crippen LogP contribution in [0.15, 0.2) is 56.4 Å². The minimum absolute atomic E-state index is 0.0494. The van der Waals surface area contributed by atoms with Gasteiger partial charge >= 0.3 is 0 Å². The molecule has 0 aromatic heterocycles. The van der Waals surface area contributed by atoms with Crippen LogP contribution in [0, 0.1) is 0 Å². The summed E-state index contributed by atoms with van der Waals surface area (Å²) < 4.78 is 70.1. The molecule has 0 saturated carbocycles. The zero-order valence-electron chi connectivity index (χ0n) is 15.4. The van der Waals surface area contributed by atoms with E-state index in [9.17, 15) is 31.6 Å². The third-order valence-corrected chi connectivity index (χ3v) is 6.12. The predicted octanol–water partition coefficient (Wildman–Crippen LogP) is 3.82. The Morgan fingerprint density at radius 1 is 0.935 bits per heavy atom. The van der Waals surface area contributed by atoms with E-state index in [0.717, 1.165) is 30.3 Å². The van der Waals surface area contributed by atoms with Crippen molar-refractivity contribution in [3.8, 4) is 17.2 Å². The van der Waals surface area contributed by atoms with Crippen LogP contribution in [0.4, 0.5) is 11.4 Å². The van der Waals surface area contributed by atoms with Crippen LogP contribution in [0.25, 0.3) is 10.8 Å². The van der Waals surface area contributed by atoms with Gasteiger partial charge in [-0.2, -0.15) is 16.8 Å². The first-order valence-electron chi connectivity index (χ1n) is 8.06. The van der Waals surface area contributed by atoms with Gasteiger partial charge in [0.2, 0.25) is 0 Å². The number of rotatable bonds is 5. The summed E-state index contributed by atoms with van der Waals surface area (Å²) in [7, 11) is -8.27. The van der Waals surface area contributed by atoms with Crippen molar-refractivity contribution in [1.29, 1.82) is 0 Å². The van der Waals surface area contributed by atoms with Gasteiger partial charge in [-0.25, -0.2) is 0 Å². The number of fused-ring (bicyclic) bond motifs is 1. The van der Waals surface area contributed by atoms with Crippen LogP contribution in [-0.2, 0) is 20.2 Å². The molecule has 11 nitrogen and oxygen atoms in total. The molecule has 0 amide bonds. The van der Waals surface area contributed by atoms with E-state index in [1.165, 1.54) is 13.2 Å². The molecule has 3 rings (SSSR count). The van der Waals surface area contributed by atoms with Crippen LogP contribution in [0.2, 0.25) is 5.02 Å². The first kappa shape index (κ1) is 22.7. The zero-order chi connectivity index (χ0) is 23.1. The number of azo groups is 1. The third kappa shape index (κ3) is 4.55. The number of hydrogen-bond acceptors (Lipinski definition) is 9. The van der Waals surface area contributed by atoms with E-state index in [4.69, 9.17) is 20.9 Å². The number of phenolic OH excluding ortho intramolecular Hbond substituents is 2. The molecule has 164 valence electrons. The topological polar surface area (TPSA) is 183 Å². The van der Waals surface area contributed by atoms with Crippen LogP contribution in [0.5, 0.6) is 17.2 Å². The van der Waals surface area contributed by atoms with E-state index in [2.05, 4.69) is 10.2 Å². The summed E-state index contributed by atoms with van der Waals surface area (Å²) in [6, 6.07) is 6.12. The second-order valence-corrected chi connectivity index (χ2v) is 9.30. The van der Waals surface area contributed by atoms with E-state index < -0.39 is 47.2 Å². The predicted molar refractivity (Wildman–Crippen MR) is 109 cm³/mol. The Morgan fingerprint density at radius 2 is 1.61 bits per heavy atom. The van der Waals surface area contributed by atoms with E-state index in [-0.39, 0.29) is 27.2 Å². The van der Waals surface area contributed by atoms with Gasteiger partial charge in [-0.3, -0.25) is 9.11 Å². The minimum Gasteiger partial charge on any atom is -0.506 e. The van der Waals surface area contributed by atoms with Crippen molar-refractivity contribution in [2.75, 3.05) is 7.11 Å². The standard InChI is InChI=1S/C17H13ClN2O9S2/c1-29-14-7-12(13(21)6-11(14)18)19-20-16-15(31(26,27)28)5-8-4-9(30(23,24)25)2-3-10(8)17(16)22/h2-7,21-22H,1H3,(H,23,24,25)(H,26,27,28). The van der Waals surface area contributed by atoms with Crippen molar-refractivity contribution in [1.82, 2.24) is 0 Å². The lowest BCUT2D eigenvalue weighted by atomic mass is 10.1. The molecule has 31 heavy (non-hydrogen) atoms. The number of ether oxygens (including phenoxy) is 1. The Hall–Kier alpha value is -2.97. The molecule has 0 saturated heterocycles. The van der Waals surface area contributed by atoms with Crippen molar-refractivity contribution in [3.63, 3.8) is 0 Å². The van der Waals surface area contributed by atoms with Gasteiger partial charge in [-0.15, -0.1) is 10.2 Å². The SMILES string of the molecule is COc1cc(N=Nc2c(S(=O)(=O)O)cc3cc(S(=O)(=O)O)ccc3c2O)c(O)cc1Cl. The first-order chi connectivity index (χ1) is 14.3. The maximum atomic E-state index is 11.8. The average molecular weight is 489 g/mol. The molecule has 4 N–H and O–H groups in total. The van der Waals surface area contributed by atoms with Crippen LogP contribution in [0.1, 0.15) is 0 Å². The van der Waals surface area contributed by atoms with Crippen molar-refractivity contribution in [3.05, 3.63) is 41.4 Å². The fourth-order valence-electron chi connectivity index (χ4n) is 2.66. The number of aromatic hydroxyl groups is 2. The molecule has 0 radical (unpaired) electrons. The van der Waals surface area contributed by atoms with Crippen LogP contribution in [0.3, 0.4) is 0 Å². The summed E-state index contributed by atoms with van der Waals surface area (Å²) in [6.07, 6.45) is 0. The third-order valence-electron chi connectivity index (χ3n) is 4.10. The summed E-state index contributed by atoms with van der Waals surface area (Å²) >= 11 is 5.87. The molecule has 0 atom stereocenters. The first-order valence-corrected chi connectivity index (χ1v) is 11.3. The zero-order valence-corrected chi connectivity index (χ0v) is 17.8. The van der Waals surface area contributed by atoms with E-state index >= 15 is 0 Å². The Labute approximate surface area is 180 Å². The van der Waals surface area contributed by atoms with Gasteiger partial charge in [0.25, 0.3) is 20.2 Å². The molecule has 0 bridgehead atoms. The molecule has 0 fully saturated rings. The van der Waals surface area contributed by atoms with Crippen molar-refractivity contribution in [2.45, 2.75) is 9.79 Å². The summed E-state index contributed by atoms with van der Waals surface area (Å²) in [5.74, 6) is -1.05. The van der Waals surface area contributed by atoms with Gasteiger partial charge < -0.3 is 14.9 Å². The molecule has 0 aliphatic heterocycles. The van der Waals surface area contributed by atoms with E-state index in [1.54, 1.807) is 0 Å². The monoisotopic (exact) mass is 488 g/mol. The highest BCUT2D eigenvalue weighted by atomic mass is 35.5. The highest BCUT2D eigenvalue weighted by Gasteiger charge is 2.23.